The van der Waals surface area contributed by atoms with Crippen molar-refractivity contribution in [1.82, 2.24) is 4.72 Å². The van der Waals surface area contributed by atoms with E-state index in [0.29, 0.717) is 0 Å². The molecule has 2 rings (SSSR count). The third-order valence-corrected chi connectivity index (χ3v) is 5.76. The fourth-order valence-corrected chi connectivity index (χ4v) is 4.58. The number of benzene rings is 1. The molecule has 122 valence electrons. The smallest absolute Gasteiger partial charge is 0.239 e. The minimum Gasteiger partial charge on any atom is -0.274 e. The van der Waals surface area contributed by atoms with Crippen LogP contribution in [0.3, 0.4) is 0 Å². The molecule has 0 spiro atoms. The second kappa shape index (κ2) is 6.03. The third-order valence-electron chi connectivity index (χ3n) is 4.57. The molecule has 1 aliphatic carbocycles. The second-order valence-corrected chi connectivity index (χ2v) is 8.92. The Kier molecular flexibility index (Phi) is 4.66. The van der Waals surface area contributed by atoms with Gasteiger partial charge in [0.25, 0.3) is 0 Å². The van der Waals surface area contributed by atoms with E-state index in [1.807, 2.05) is 32.0 Å². The van der Waals surface area contributed by atoms with E-state index in [0.717, 1.165) is 36.0 Å². The van der Waals surface area contributed by atoms with Crippen LogP contribution in [0.2, 0.25) is 0 Å². The lowest BCUT2D eigenvalue weighted by Crippen LogP contribution is -2.36. The highest BCUT2D eigenvalue weighted by atomic mass is 32.2. The lowest BCUT2D eigenvalue weighted by Gasteiger charge is -2.17. The number of hydrogen-bond acceptors (Lipinski definition) is 3. The number of nitrogens with one attached hydrogen (secondary N) is 1. The standard InChI is InChI=1S/C17H25NO3S/c1-12-6-5-7-13(2)15(12)11-22(20,21)18-16(19)14-8-9-17(3,4)10-14/h5-7,14H,8-11H2,1-4H3,(H,18,19)/t14-/m0/s1. The normalized spacial score (nSPS) is 20.8. The van der Waals surface area contributed by atoms with Gasteiger partial charge in [-0.3, -0.25) is 9.52 Å². The maximum Gasteiger partial charge on any atom is 0.239 e. The van der Waals surface area contributed by atoms with Crippen molar-refractivity contribution in [3.8, 4) is 0 Å². The van der Waals surface area contributed by atoms with Gasteiger partial charge in [-0.2, -0.15) is 0 Å². The summed E-state index contributed by atoms with van der Waals surface area (Å²) in [6, 6.07) is 5.68. The molecule has 0 unspecified atom stereocenters. The number of hydrogen-bond donors (Lipinski definition) is 1. The average Bonchev–Trinajstić information content (AvgIpc) is 2.74. The SMILES string of the molecule is Cc1cccc(C)c1CS(=O)(=O)NC(=O)[C@H]1CCC(C)(C)C1. The van der Waals surface area contributed by atoms with E-state index < -0.39 is 10.0 Å². The maximum atomic E-state index is 12.3. The van der Waals surface area contributed by atoms with Gasteiger partial charge in [0.1, 0.15) is 0 Å². The lowest BCUT2D eigenvalue weighted by molar-refractivity contribution is -0.123. The Hall–Kier alpha value is -1.36. The van der Waals surface area contributed by atoms with Crippen LogP contribution in [0.5, 0.6) is 0 Å². The molecule has 0 bridgehead atoms. The van der Waals surface area contributed by atoms with Crippen molar-refractivity contribution < 1.29 is 13.2 Å². The van der Waals surface area contributed by atoms with E-state index in [4.69, 9.17) is 0 Å². The van der Waals surface area contributed by atoms with Crippen LogP contribution < -0.4 is 4.72 Å². The molecule has 1 atom stereocenters. The molecule has 0 saturated heterocycles. The van der Waals surface area contributed by atoms with E-state index in [-0.39, 0.29) is 23.0 Å². The van der Waals surface area contributed by atoms with E-state index in [2.05, 4.69) is 18.6 Å². The summed E-state index contributed by atoms with van der Waals surface area (Å²) in [4.78, 5) is 12.2. The van der Waals surface area contributed by atoms with Crippen molar-refractivity contribution in [3.05, 3.63) is 34.9 Å². The molecule has 1 aliphatic rings. The van der Waals surface area contributed by atoms with Crippen molar-refractivity contribution in [3.63, 3.8) is 0 Å². The Morgan fingerprint density at radius 2 is 1.86 bits per heavy atom. The fourth-order valence-electron chi connectivity index (χ4n) is 3.20. The van der Waals surface area contributed by atoms with E-state index >= 15 is 0 Å². The Bertz CT molecular complexity index is 657. The van der Waals surface area contributed by atoms with Crippen molar-refractivity contribution in [1.29, 1.82) is 0 Å². The molecule has 1 aromatic rings. The van der Waals surface area contributed by atoms with Crippen molar-refractivity contribution in [2.24, 2.45) is 11.3 Å². The van der Waals surface area contributed by atoms with Gasteiger partial charge < -0.3 is 0 Å². The van der Waals surface area contributed by atoms with Crippen LogP contribution in [-0.4, -0.2) is 14.3 Å². The summed E-state index contributed by atoms with van der Waals surface area (Å²) in [7, 11) is -3.65. The number of sulfonamides is 1. The largest absolute Gasteiger partial charge is 0.274 e. The Labute approximate surface area is 133 Å². The summed E-state index contributed by atoms with van der Waals surface area (Å²) in [6.07, 6.45) is 2.47. The molecular formula is C17H25NO3S. The summed E-state index contributed by atoms with van der Waals surface area (Å²) in [6.45, 7) is 8.01. The zero-order chi connectivity index (χ0) is 16.5. The van der Waals surface area contributed by atoms with E-state index in [1.54, 1.807) is 0 Å². The van der Waals surface area contributed by atoms with Gasteiger partial charge in [0, 0.05) is 5.92 Å². The molecule has 4 nitrogen and oxygen atoms in total. The minimum atomic E-state index is -3.65. The molecule has 22 heavy (non-hydrogen) atoms. The number of carbonyl (C=O) groups is 1. The Morgan fingerprint density at radius 3 is 2.36 bits per heavy atom. The van der Waals surface area contributed by atoms with Gasteiger partial charge in [-0.05, 0) is 55.2 Å². The minimum absolute atomic E-state index is 0.123. The average molecular weight is 323 g/mol. The molecular weight excluding hydrogens is 298 g/mol. The van der Waals surface area contributed by atoms with Crippen LogP contribution in [-0.2, 0) is 20.6 Å². The van der Waals surface area contributed by atoms with Gasteiger partial charge in [-0.1, -0.05) is 32.0 Å². The summed E-state index contributed by atoms with van der Waals surface area (Å²) in [5.41, 5.74) is 2.76. The molecule has 1 amide bonds. The fraction of sp³-hybridized carbons (Fsp3) is 0.588. The number of amides is 1. The summed E-state index contributed by atoms with van der Waals surface area (Å²) in [5, 5.41) is 0. The quantitative estimate of drug-likeness (QED) is 0.926. The molecule has 0 aliphatic heterocycles. The third kappa shape index (κ3) is 4.09. The van der Waals surface area contributed by atoms with E-state index in [1.165, 1.54) is 0 Å². The highest BCUT2D eigenvalue weighted by molar-refractivity contribution is 7.89. The molecule has 1 fully saturated rings. The van der Waals surface area contributed by atoms with Gasteiger partial charge in [0.05, 0.1) is 5.75 Å². The lowest BCUT2D eigenvalue weighted by atomic mass is 9.90. The van der Waals surface area contributed by atoms with Gasteiger partial charge in [0.15, 0.2) is 0 Å². The Morgan fingerprint density at radius 1 is 1.27 bits per heavy atom. The number of aryl methyl sites for hydroxylation is 2. The molecule has 0 heterocycles. The molecule has 1 aromatic carbocycles. The monoisotopic (exact) mass is 323 g/mol. The van der Waals surface area contributed by atoms with Crippen molar-refractivity contribution in [2.45, 2.75) is 52.7 Å². The summed E-state index contributed by atoms with van der Waals surface area (Å²) < 4.78 is 26.9. The number of carbonyl (C=O) groups excluding carboxylic acids is 1. The first kappa shape index (κ1) is 17.0. The van der Waals surface area contributed by atoms with Crippen LogP contribution in [0.4, 0.5) is 0 Å². The highest BCUT2D eigenvalue weighted by Crippen LogP contribution is 2.40. The van der Waals surface area contributed by atoms with Crippen molar-refractivity contribution in [2.75, 3.05) is 0 Å². The van der Waals surface area contributed by atoms with Crippen LogP contribution >= 0.6 is 0 Å². The number of rotatable bonds is 4. The molecule has 1 saturated carbocycles. The van der Waals surface area contributed by atoms with Crippen LogP contribution in [0.25, 0.3) is 0 Å². The summed E-state index contributed by atoms with van der Waals surface area (Å²) >= 11 is 0. The molecule has 5 heteroatoms. The van der Waals surface area contributed by atoms with Crippen LogP contribution in [0.15, 0.2) is 18.2 Å². The van der Waals surface area contributed by atoms with Gasteiger partial charge >= 0.3 is 0 Å². The molecule has 0 aromatic heterocycles. The highest BCUT2D eigenvalue weighted by Gasteiger charge is 2.36. The molecule has 0 radical (unpaired) electrons. The topological polar surface area (TPSA) is 63.2 Å². The first-order chi connectivity index (χ1) is 10.1. The first-order valence-corrected chi connectivity index (χ1v) is 9.34. The van der Waals surface area contributed by atoms with Crippen LogP contribution in [0.1, 0.15) is 49.8 Å². The zero-order valence-corrected chi connectivity index (χ0v) is 14.6. The predicted molar refractivity (Wildman–Crippen MR) is 87.8 cm³/mol. The van der Waals surface area contributed by atoms with Crippen molar-refractivity contribution >= 4 is 15.9 Å². The first-order valence-electron chi connectivity index (χ1n) is 7.69. The predicted octanol–water partition coefficient (Wildman–Crippen LogP) is 3.08. The second-order valence-electron chi connectivity index (χ2n) is 7.20. The van der Waals surface area contributed by atoms with Gasteiger partial charge in [-0.25, -0.2) is 8.42 Å². The molecule has 1 N–H and O–H groups in total. The van der Waals surface area contributed by atoms with Crippen LogP contribution in [0, 0.1) is 25.2 Å². The Balaban J connectivity index is 2.07. The van der Waals surface area contributed by atoms with Gasteiger partial charge in [-0.15, -0.1) is 0 Å². The summed E-state index contributed by atoms with van der Waals surface area (Å²) in [5.74, 6) is -0.688. The zero-order valence-electron chi connectivity index (χ0n) is 13.8. The maximum absolute atomic E-state index is 12.3. The van der Waals surface area contributed by atoms with E-state index in [9.17, 15) is 13.2 Å². The van der Waals surface area contributed by atoms with Gasteiger partial charge in [0.2, 0.25) is 15.9 Å².